The topological polar surface area (TPSA) is 12.5 Å². The van der Waals surface area contributed by atoms with E-state index in [9.17, 15) is 13.2 Å². The van der Waals surface area contributed by atoms with Gasteiger partial charge in [0.15, 0.2) is 0 Å². The summed E-state index contributed by atoms with van der Waals surface area (Å²) in [5.41, 5.74) is 1.07. The van der Waals surface area contributed by atoms with Crippen molar-refractivity contribution in [1.82, 2.24) is 0 Å². The summed E-state index contributed by atoms with van der Waals surface area (Å²) in [5.74, 6) is 0.768. The molecule has 0 fully saturated rings. The van der Waals surface area contributed by atoms with E-state index in [1.165, 1.54) is 50.7 Å². The zero-order valence-electron chi connectivity index (χ0n) is 18.2. The zero-order valence-corrected chi connectivity index (χ0v) is 18.2. The van der Waals surface area contributed by atoms with Crippen molar-refractivity contribution in [3.63, 3.8) is 0 Å². The summed E-state index contributed by atoms with van der Waals surface area (Å²) >= 11 is 0. The van der Waals surface area contributed by atoms with Gasteiger partial charge in [0.2, 0.25) is 0 Å². The fraction of sp³-hybridized carbons (Fsp3) is 0.520. The van der Waals surface area contributed by atoms with Crippen LogP contribution in [-0.2, 0) is 12.7 Å². The van der Waals surface area contributed by atoms with Crippen LogP contribution in [0, 0.1) is 0 Å². The first-order valence-electron chi connectivity index (χ1n) is 11.0. The molecule has 0 N–H and O–H groups in total. The van der Waals surface area contributed by atoms with E-state index in [0.717, 1.165) is 36.9 Å². The molecule has 0 unspecified atom stereocenters. The van der Waals surface area contributed by atoms with Gasteiger partial charge >= 0.3 is 6.18 Å². The Morgan fingerprint density at radius 2 is 1.47 bits per heavy atom. The van der Waals surface area contributed by atoms with Gasteiger partial charge in [0, 0.05) is 18.8 Å². The van der Waals surface area contributed by atoms with Crippen molar-refractivity contribution in [2.24, 2.45) is 0 Å². The zero-order chi connectivity index (χ0) is 21.8. The second-order valence-electron chi connectivity index (χ2n) is 7.79. The van der Waals surface area contributed by atoms with Crippen LogP contribution in [0.15, 0.2) is 48.5 Å². The number of anilines is 1. The van der Waals surface area contributed by atoms with Crippen LogP contribution in [0.1, 0.15) is 69.4 Å². The van der Waals surface area contributed by atoms with Gasteiger partial charge in [-0.1, -0.05) is 64.0 Å². The standard InChI is InChI=1S/C25H34F3NO/c1-3-4-5-6-7-8-9-10-18-29(23-14-16-24(30-2)17-15-23)20-21-12-11-13-22(19-21)25(26,27)28/h11-17,19H,3-10,18,20H2,1-2H3. The lowest BCUT2D eigenvalue weighted by molar-refractivity contribution is -0.137. The van der Waals surface area contributed by atoms with Gasteiger partial charge in [-0.2, -0.15) is 13.2 Å². The highest BCUT2D eigenvalue weighted by atomic mass is 19.4. The molecule has 0 bridgehead atoms. The van der Waals surface area contributed by atoms with Crippen LogP contribution >= 0.6 is 0 Å². The van der Waals surface area contributed by atoms with Gasteiger partial charge in [0.25, 0.3) is 0 Å². The highest BCUT2D eigenvalue weighted by Crippen LogP contribution is 2.30. The summed E-state index contributed by atoms with van der Waals surface area (Å²) in [6.45, 7) is 3.49. The minimum absolute atomic E-state index is 0.451. The van der Waals surface area contributed by atoms with Crippen LogP contribution in [0.4, 0.5) is 18.9 Å². The Morgan fingerprint density at radius 3 is 2.07 bits per heavy atom. The quantitative estimate of drug-likeness (QED) is 0.305. The van der Waals surface area contributed by atoms with Gasteiger partial charge in [-0.15, -0.1) is 0 Å². The third kappa shape index (κ3) is 8.29. The molecule has 0 amide bonds. The minimum atomic E-state index is -4.32. The number of alkyl halides is 3. The number of benzene rings is 2. The minimum Gasteiger partial charge on any atom is -0.497 e. The normalized spacial score (nSPS) is 11.5. The Kier molecular flexibility index (Phi) is 10.0. The highest BCUT2D eigenvalue weighted by Gasteiger charge is 2.30. The van der Waals surface area contributed by atoms with Crippen molar-refractivity contribution in [2.75, 3.05) is 18.6 Å². The molecule has 0 aliphatic heterocycles. The molecule has 166 valence electrons. The summed E-state index contributed by atoms with van der Waals surface area (Å²) in [7, 11) is 1.62. The number of rotatable bonds is 13. The van der Waals surface area contributed by atoms with Crippen molar-refractivity contribution in [3.05, 3.63) is 59.7 Å². The Morgan fingerprint density at radius 1 is 0.833 bits per heavy atom. The number of nitrogens with zero attached hydrogens (tertiary/aromatic N) is 1. The summed E-state index contributed by atoms with van der Waals surface area (Å²) in [4.78, 5) is 2.16. The van der Waals surface area contributed by atoms with E-state index < -0.39 is 11.7 Å². The first-order valence-corrected chi connectivity index (χ1v) is 11.0. The molecule has 5 heteroatoms. The third-order valence-corrected chi connectivity index (χ3v) is 5.35. The van der Waals surface area contributed by atoms with Crippen molar-refractivity contribution in [1.29, 1.82) is 0 Å². The summed E-state index contributed by atoms with van der Waals surface area (Å²) in [6.07, 6.45) is 5.48. The van der Waals surface area contributed by atoms with Crippen LogP contribution in [0.2, 0.25) is 0 Å². The molecule has 0 atom stereocenters. The molecule has 0 radical (unpaired) electrons. The fourth-order valence-corrected chi connectivity index (χ4v) is 3.60. The van der Waals surface area contributed by atoms with Crippen molar-refractivity contribution in [2.45, 2.75) is 71.0 Å². The van der Waals surface area contributed by atoms with Gasteiger partial charge in [0.1, 0.15) is 5.75 Å². The van der Waals surface area contributed by atoms with Gasteiger partial charge in [-0.25, -0.2) is 0 Å². The molecule has 0 heterocycles. The summed E-state index contributed by atoms with van der Waals surface area (Å²) in [6, 6.07) is 13.4. The van der Waals surface area contributed by atoms with Gasteiger partial charge in [-0.05, 0) is 48.4 Å². The molecular weight excluding hydrogens is 387 g/mol. The van der Waals surface area contributed by atoms with E-state index in [4.69, 9.17) is 4.74 Å². The fourth-order valence-electron chi connectivity index (χ4n) is 3.60. The lowest BCUT2D eigenvalue weighted by atomic mass is 10.1. The highest BCUT2D eigenvalue weighted by molar-refractivity contribution is 5.49. The monoisotopic (exact) mass is 421 g/mol. The molecule has 30 heavy (non-hydrogen) atoms. The summed E-state index contributed by atoms with van der Waals surface area (Å²) in [5, 5.41) is 0. The van der Waals surface area contributed by atoms with Crippen LogP contribution in [0.3, 0.4) is 0 Å². The number of ether oxygens (including phenoxy) is 1. The average molecular weight is 422 g/mol. The maximum absolute atomic E-state index is 13.1. The van der Waals surface area contributed by atoms with Gasteiger partial charge < -0.3 is 9.64 Å². The number of methoxy groups -OCH3 is 1. The second-order valence-corrected chi connectivity index (χ2v) is 7.79. The van der Waals surface area contributed by atoms with E-state index in [2.05, 4.69) is 11.8 Å². The molecule has 0 saturated carbocycles. The van der Waals surface area contributed by atoms with E-state index in [-0.39, 0.29) is 0 Å². The lowest BCUT2D eigenvalue weighted by Crippen LogP contribution is -2.24. The maximum Gasteiger partial charge on any atom is 0.416 e. The maximum atomic E-state index is 13.1. The molecule has 0 aliphatic rings. The molecular formula is C25H34F3NO. The second kappa shape index (κ2) is 12.5. The van der Waals surface area contributed by atoms with Crippen molar-refractivity contribution >= 4 is 5.69 Å². The van der Waals surface area contributed by atoms with E-state index >= 15 is 0 Å². The third-order valence-electron chi connectivity index (χ3n) is 5.35. The molecule has 2 nitrogen and oxygen atoms in total. The van der Waals surface area contributed by atoms with Crippen LogP contribution in [0.25, 0.3) is 0 Å². The largest absolute Gasteiger partial charge is 0.497 e. The molecule has 2 rings (SSSR count). The molecule has 0 aromatic heterocycles. The number of hydrogen-bond donors (Lipinski definition) is 0. The van der Waals surface area contributed by atoms with Crippen LogP contribution < -0.4 is 9.64 Å². The van der Waals surface area contributed by atoms with E-state index in [0.29, 0.717) is 12.1 Å². The molecule has 0 saturated heterocycles. The summed E-state index contributed by atoms with van der Waals surface area (Å²) < 4.78 is 44.5. The average Bonchev–Trinajstić information content (AvgIpc) is 2.74. The van der Waals surface area contributed by atoms with E-state index in [1.54, 1.807) is 13.2 Å². The van der Waals surface area contributed by atoms with E-state index in [1.807, 2.05) is 24.3 Å². The van der Waals surface area contributed by atoms with Gasteiger partial charge in [-0.3, -0.25) is 0 Å². The molecule has 0 spiro atoms. The predicted molar refractivity (Wildman–Crippen MR) is 118 cm³/mol. The van der Waals surface area contributed by atoms with Crippen LogP contribution in [0.5, 0.6) is 5.75 Å². The smallest absolute Gasteiger partial charge is 0.416 e. The van der Waals surface area contributed by atoms with Crippen LogP contribution in [-0.4, -0.2) is 13.7 Å². The van der Waals surface area contributed by atoms with Crippen molar-refractivity contribution in [3.8, 4) is 5.75 Å². The number of halogens is 3. The Balaban J connectivity index is 1.99. The molecule has 2 aromatic carbocycles. The predicted octanol–water partition coefficient (Wildman–Crippen LogP) is 7.86. The number of unbranched alkanes of at least 4 members (excludes halogenated alkanes) is 7. The SMILES string of the molecule is CCCCCCCCCCN(Cc1cccc(C(F)(F)F)c1)c1ccc(OC)cc1. The Hall–Kier alpha value is -2.17. The first-order chi connectivity index (χ1) is 14.4. The molecule has 0 aliphatic carbocycles. The Labute approximate surface area is 179 Å². The lowest BCUT2D eigenvalue weighted by Gasteiger charge is -2.26. The first kappa shape index (κ1) is 24.1. The number of hydrogen-bond acceptors (Lipinski definition) is 2. The van der Waals surface area contributed by atoms with Crippen molar-refractivity contribution < 1.29 is 17.9 Å². The van der Waals surface area contributed by atoms with Gasteiger partial charge in [0.05, 0.1) is 12.7 Å². The Bertz CT molecular complexity index is 728. The molecule has 2 aromatic rings.